The third kappa shape index (κ3) is 4.43. The molecule has 5 heteroatoms. The molecule has 0 unspecified atom stereocenters. The number of fused-ring (bicyclic) bond motifs is 9. The van der Waals surface area contributed by atoms with E-state index in [-0.39, 0.29) is 0 Å². The molecule has 0 aliphatic rings. The highest BCUT2D eigenvalue weighted by Crippen LogP contribution is 2.43. The number of furan rings is 1. The van der Waals surface area contributed by atoms with Gasteiger partial charge in [-0.3, -0.25) is 0 Å². The van der Waals surface area contributed by atoms with Crippen LogP contribution in [0.15, 0.2) is 168 Å². The van der Waals surface area contributed by atoms with Gasteiger partial charge in [0.2, 0.25) is 0 Å². The van der Waals surface area contributed by atoms with Crippen LogP contribution in [0.4, 0.5) is 0 Å². The highest BCUT2D eigenvalue weighted by molar-refractivity contribution is 7.25. The predicted molar refractivity (Wildman–Crippen MR) is 217 cm³/mol. The molecule has 0 saturated carbocycles. The van der Waals surface area contributed by atoms with Gasteiger partial charge in [0, 0.05) is 53.2 Å². The first-order valence-corrected chi connectivity index (χ1v) is 18.2. The number of benzene rings is 8. The van der Waals surface area contributed by atoms with Crippen LogP contribution in [0.3, 0.4) is 0 Å². The van der Waals surface area contributed by atoms with Gasteiger partial charge in [0.15, 0.2) is 17.5 Å². The summed E-state index contributed by atoms with van der Waals surface area (Å²) >= 11 is 1.80. The van der Waals surface area contributed by atoms with Crippen molar-refractivity contribution in [2.45, 2.75) is 0 Å². The van der Waals surface area contributed by atoms with Gasteiger partial charge >= 0.3 is 0 Å². The third-order valence-corrected chi connectivity index (χ3v) is 11.3. The lowest BCUT2D eigenvalue weighted by Gasteiger charge is -2.13. The summed E-state index contributed by atoms with van der Waals surface area (Å²) in [6, 6.07) is 57.2. The molecule has 0 N–H and O–H groups in total. The maximum absolute atomic E-state index is 6.67. The molecule has 0 amide bonds. The van der Waals surface area contributed by atoms with Crippen LogP contribution in [0, 0.1) is 0 Å². The summed E-state index contributed by atoms with van der Waals surface area (Å²) < 4.78 is 9.13. The van der Waals surface area contributed by atoms with E-state index in [1.807, 2.05) is 18.2 Å². The Balaban J connectivity index is 1.15. The summed E-state index contributed by atoms with van der Waals surface area (Å²) in [5, 5.41) is 9.21. The zero-order chi connectivity index (χ0) is 34.2. The number of hydrogen-bond acceptors (Lipinski definition) is 5. The summed E-state index contributed by atoms with van der Waals surface area (Å²) in [5.74, 6) is 1.94. The van der Waals surface area contributed by atoms with Crippen LogP contribution in [0.1, 0.15) is 0 Å². The van der Waals surface area contributed by atoms with Gasteiger partial charge in [0.1, 0.15) is 11.2 Å². The van der Waals surface area contributed by atoms with E-state index >= 15 is 0 Å². The zero-order valence-corrected chi connectivity index (χ0v) is 28.6. The fourth-order valence-electron chi connectivity index (χ4n) is 7.80. The minimum Gasteiger partial charge on any atom is -0.455 e. The minimum absolute atomic E-state index is 0.636. The Kier molecular flexibility index (Phi) is 6.39. The predicted octanol–water partition coefficient (Wildman–Crippen LogP) is 13.1. The Morgan fingerprint density at radius 3 is 1.85 bits per heavy atom. The number of thiophene rings is 1. The van der Waals surface area contributed by atoms with Crippen LogP contribution in [-0.4, -0.2) is 15.0 Å². The molecule has 4 nitrogen and oxygen atoms in total. The number of rotatable bonds is 4. The van der Waals surface area contributed by atoms with E-state index in [1.165, 1.54) is 30.9 Å². The van der Waals surface area contributed by atoms with Crippen LogP contribution in [0.5, 0.6) is 0 Å². The minimum atomic E-state index is 0.636. The molecule has 0 atom stereocenters. The zero-order valence-electron chi connectivity index (χ0n) is 27.7. The molecule has 0 spiro atoms. The molecular weight excluding hydrogens is 655 g/mol. The Hall–Kier alpha value is -6.69. The lowest BCUT2D eigenvalue weighted by molar-refractivity contribution is 0.670. The topological polar surface area (TPSA) is 51.8 Å². The number of nitrogens with zero attached hydrogens (tertiary/aromatic N) is 3. The molecule has 0 aliphatic heterocycles. The SMILES string of the molecule is c1ccc(-c2nc(-c3ccc(-c4cccc5c4oc4ccc6ccccc6c45)c4ccccc34)nc(-c3cccc4sc5ccccc5c34)n2)cc1. The van der Waals surface area contributed by atoms with Gasteiger partial charge in [-0.1, -0.05) is 140 Å². The molecule has 8 aromatic carbocycles. The second-order valence-corrected chi connectivity index (χ2v) is 14.2. The summed E-state index contributed by atoms with van der Waals surface area (Å²) in [7, 11) is 0. The largest absolute Gasteiger partial charge is 0.455 e. The van der Waals surface area contributed by atoms with Crippen molar-refractivity contribution in [1.82, 2.24) is 15.0 Å². The van der Waals surface area contributed by atoms with Crippen molar-refractivity contribution in [3.63, 3.8) is 0 Å². The monoisotopic (exact) mass is 681 g/mol. The molecule has 0 radical (unpaired) electrons. The first-order chi connectivity index (χ1) is 25.8. The second kappa shape index (κ2) is 11.4. The first-order valence-electron chi connectivity index (χ1n) is 17.4. The Bertz CT molecular complexity index is 3200. The van der Waals surface area contributed by atoms with Crippen molar-refractivity contribution in [3.05, 3.63) is 164 Å². The van der Waals surface area contributed by atoms with Gasteiger partial charge in [-0.15, -0.1) is 11.3 Å². The summed E-state index contributed by atoms with van der Waals surface area (Å²) in [4.78, 5) is 15.5. The molecular formula is C47H27N3OS. The van der Waals surface area contributed by atoms with Crippen molar-refractivity contribution < 1.29 is 4.42 Å². The molecule has 11 rings (SSSR count). The van der Waals surface area contributed by atoms with Crippen LogP contribution in [0.25, 0.3) is 109 Å². The first kappa shape index (κ1) is 29.1. The summed E-state index contributed by atoms with van der Waals surface area (Å²) in [6.07, 6.45) is 0. The molecule has 0 fully saturated rings. The highest BCUT2D eigenvalue weighted by atomic mass is 32.1. The highest BCUT2D eigenvalue weighted by Gasteiger charge is 2.20. The van der Waals surface area contributed by atoms with E-state index in [2.05, 4.69) is 146 Å². The van der Waals surface area contributed by atoms with Crippen molar-refractivity contribution in [1.29, 1.82) is 0 Å². The second-order valence-electron chi connectivity index (χ2n) is 13.1. The van der Waals surface area contributed by atoms with Crippen molar-refractivity contribution >= 4 is 75.0 Å². The molecule has 52 heavy (non-hydrogen) atoms. The molecule has 242 valence electrons. The van der Waals surface area contributed by atoms with Crippen molar-refractivity contribution in [3.8, 4) is 45.3 Å². The number of para-hydroxylation sites is 1. The molecule has 3 heterocycles. The average Bonchev–Trinajstić information content (AvgIpc) is 3.80. The van der Waals surface area contributed by atoms with E-state index in [9.17, 15) is 0 Å². The van der Waals surface area contributed by atoms with Gasteiger partial charge in [-0.25, -0.2) is 15.0 Å². The van der Waals surface area contributed by atoms with Gasteiger partial charge in [-0.05, 0) is 51.4 Å². The average molecular weight is 682 g/mol. The fraction of sp³-hybridized carbons (Fsp3) is 0. The summed E-state index contributed by atoms with van der Waals surface area (Å²) in [6.45, 7) is 0. The number of hydrogen-bond donors (Lipinski definition) is 0. The van der Waals surface area contributed by atoms with E-state index in [1.54, 1.807) is 11.3 Å². The van der Waals surface area contributed by atoms with E-state index in [4.69, 9.17) is 19.4 Å². The van der Waals surface area contributed by atoms with E-state index in [0.717, 1.165) is 60.5 Å². The van der Waals surface area contributed by atoms with Gasteiger partial charge in [0.05, 0.1) is 0 Å². The fourth-order valence-corrected chi connectivity index (χ4v) is 8.94. The van der Waals surface area contributed by atoms with E-state index in [0.29, 0.717) is 17.5 Å². The smallest absolute Gasteiger partial charge is 0.164 e. The maximum Gasteiger partial charge on any atom is 0.164 e. The van der Waals surface area contributed by atoms with Crippen molar-refractivity contribution in [2.75, 3.05) is 0 Å². The molecule has 11 aromatic rings. The quantitative estimate of drug-likeness (QED) is 0.185. The van der Waals surface area contributed by atoms with Crippen molar-refractivity contribution in [2.24, 2.45) is 0 Å². The Morgan fingerprint density at radius 1 is 0.365 bits per heavy atom. The molecule has 3 aromatic heterocycles. The summed E-state index contributed by atoms with van der Waals surface area (Å²) in [5.41, 5.74) is 6.82. The molecule has 0 aliphatic carbocycles. The Morgan fingerprint density at radius 2 is 0.981 bits per heavy atom. The van der Waals surface area contributed by atoms with Crippen LogP contribution >= 0.6 is 11.3 Å². The molecule has 0 bridgehead atoms. The standard InChI is InChI=1S/C47H27N3OS/c1-2-13-29(14-3-1)45-48-46(50-47(49-45)38-21-11-23-41-43(38)36-18-8-9-22-40(36)52-41)35-26-25-33(31-16-6-7-17-32(31)35)34-19-10-20-37-42-30-15-5-4-12-28(30)24-27-39(42)51-44(34)37/h1-27H. The third-order valence-electron chi connectivity index (χ3n) is 10.2. The number of aromatic nitrogens is 3. The van der Waals surface area contributed by atoms with Crippen LogP contribution < -0.4 is 0 Å². The Labute approximate surface area is 302 Å². The van der Waals surface area contributed by atoms with Gasteiger partial charge in [0.25, 0.3) is 0 Å². The lowest BCUT2D eigenvalue weighted by atomic mass is 9.93. The lowest BCUT2D eigenvalue weighted by Crippen LogP contribution is -2.01. The van der Waals surface area contributed by atoms with E-state index < -0.39 is 0 Å². The van der Waals surface area contributed by atoms with Gasteiger partial charge in [-0.2, -0.15) is 0 Å². The molecule has 0 saturated heterocycles. The van der Waals surface area contributed by atoms with Gasteiger partial charge < -0.3 is 4.42 Å². The van der Waals surface area contributed by atoms with Crippen LogP contribution in [0.2, 0.25) is 0 Å². The van der Waals surface area contributed by atoms with Crippen LogP contribution in [-0.2, 0) is 0 Å². The maximum atomic E-state index is 6.67. The normalized spacial score (nSPS) is 11.8.